The van der Waals surface area contributed by atoms with E-state index in [-0.39, 0.29) is 0 Å². The number of nitrogens with one attached hydrogen (secondary N) is 1. The van der Waals surface area contributed by atoms with Crippen molar-refractivity contribution in [3.8, 4) is 10.6 Å². The van der Waals surface area contributed by atoms with Crippen molar-refractivity contribution in [3.05, 3.63) is 53.7 Å². The highest BCUT2D eigenvalue weighted by Gasteiger charge is 2.11. The summed E-state index contributed by atoms with van der Waals surface area (Å²) in [6, 6.07) is 12.3. The number of rotatable bonds is 3. The predicted molar refractivity (Wildman–Crippen MR) is 92.5 cm³/mol. The molecule has 22 heavy (non-hydrogen) atoms. The van der Waals surface area contributed by atoms with Crippen molar-refractivity contribution < 1.29 is 0 Å². The highest BCUT2D eigenvalue weighted by Crippen LogP contribution is 2.27. The highest BCUT2D eigenvalue weighted by atomic mass is 32.1. The van der Waals surface area contributed by atoms with Gasteiger partial charge in [0.15, 0.2) is 0 Å². The van der Waals surface area contributed by atoms with E-state index >= 15 is 0 Å². The quantitative estimate of drug-likeness (QED) is 0.755. The van der Waals surface area contributed by atoms with E-state index in [4.69, 9.17) is 7.85 Å². The summed E-state index contributed by atoms with van der Waals surface area (Å²) >= 11 is 1.53. The topological polar surface area (TPSA) is 37.8 Å². The normalized spacial score (nSPS) is 13.1. The Labute approximate surface area is 134 Å². The maximum atomic E-state index is 5.79. The molecule has 3 aromatic rings. The second-order valence-electron chi connectivity index (χ2n) is 5.43. The van der Waals surface area contributed by atoms with E-state index in [0.717, 1.165) is 21.0 Å². The molecule has 0 atom stereocenters. The van der Waals surface area contributed by atoms with Gasteiger partial charge in [-0.05, 0) is 59.4 Å². The van der Waals surface area contributed by atoms with Gasteiger partial charge in [-0.1, -0.05) is 12.1 Å². The van der Waals surface area contributed by atoms with E-state index in [9.17, 15) is 0 Å². The van der Waals surface area contributed by atoms with Crippen LogP contribution < -0.4 is 10.1 Å². The van der Waals surface area contributed by atoms with Crippen molar-refractivity contribution >= 4 is 35.6 Å². The monoisotopic (exact) mass is 303 g/mol. The van der Waals surface area contributed by atoms with Crippen molar-refractivity contribution in [1.29, 1.82) is 0 Å². The first-order chi connectivity index (χ1) is 10.8. The zero-order valence-corrected chi connectivity index (χ0v) is 12.9. The van der Waals surface area contributed by atoms with Crippen LogP contribution in [0.3, 0.4) is 0 Å². The third kappa shape index (κ3) is 2.64. The number of aromatic nitrogens is 2. The number of benzene rings is 1. The van der Waals surface area contributed by atoms with E-state index in [1.54, 1.807) is 6.20 Å². The summed E-state index contributed by atoms with van der Waals surface area (Å²) in [5.74, 6) is 0.613. The molecule has 0 bridgehead atoms. The maximum Gasteiger partial charge on any atom is 0.227 e. The molecule has 106 valence electrons. The van der Waals surface area contributed by atoms with Crippen molar-refractivity contribution in [1.82, 2.24) is 9.97 Å². The number of hydrogen-bond donors (Lipinski definition) is 1. The molecule has 4 rings (SSSR count). The summed E-state index contributed by atoms with van der Waals surface area (Å²) in [5, 5.41) is 3.30. The maximum absolute atomic E-state index is 5.79. The fourth-order valence-electron chi connectivity index (χ4n) is 2.83. The van der Waals surface area contributed by atoms with Crippen molar-refractivity contribution in [2.75, 3.05) is 5.32 Å². The summed E-state index contributed by atoms with van der Waals surface area (Å²) in [6.45, 7) is 0. The average molecular weight is 303 g/mol. The van der Waals surface area contributed by atoms with Crippen molar-refractivity contribution in [2.24, 2.45) is 0 Å². The van der Waals surface area contributed by atoms with E-state index < -0.39 is 0 Å². The first kappa shape index (κ1) is 13.5. The molecule has 0 spiro atoms. The summed E-state index contributed by atoms with van der Waals surface area (Å²) < 4.78 is 0.793. The molecular weight excluding hydrogens is 289 g/mol. The number of fused-ring (bicyclic) bond motifs is 1. The van der Waals surface area contributed by atoms with Gasteiger partial charge >= 0.3 is 0 Å². The third-order valence-corrected chi connectivity index (χ3v) is 4.83. The molecule has 2 heterocycles. The van der Waals surface area contributed by atoms with Gasteiger partial charge in [-0.2, -0.15) is 11.3 Å². The molecule has 1 aliphatic rings. The van der Waals surface area contributed by atoms with Gasteiger partial charge in [-0.3, -0.25) is 0 Å². The Hall–Kier alpha value is -2.14. The number of hydrogen-bond acceptors (Lipinski definition) is 4. The molecule has 2 aromatic heterocycles. The Bertz CT molecular complexity index is 828. The first-order valence-corrected chi connectivity index (χ1v) is 8.17. The molecular formula is C17H14BN3S. The smallest absolute Gasteiger partial charge is 0.227 e. The van der Waals surface area contributed by atoms with Crippen LogP contribution in [0.25, 0.3) is 10.6 Å². The SMILES string of the molecule is [B]c1ccc(-c2ccnc(Nc3ccc4c(c3)CCC4)n2)s1. The van der Waals surface area contributed by atoms with Gasteiger partial charge in [0.25, 0.3) is 0 Å². The Morgan fingerprint density at radius 2 is 1.95 bits per heavy atom. The molecule has 1 aromatic carbocycles. The fourth-order valence-corrected chi connectivity index (χ4v) is 3.57. The van der Waals surface area contributed by atoms with Crippen LogP contribution in [0.4, 0.5) is 11.6 Å². The number of aryl methyl sites for hydroxylation is 2. The predicted octanol–water partition coefficient (Wildman–Crippen LogP) is 3.23. The third-order valence-electron chi connectivity index (χ3n) is 3.89. The van der Waals surface area contributed by atoms with Crippen LogP contribution in [0, 0.1) is 0 Å². The van der Waals surface area contributed by atoms with Gasteiger partial charge in [-0.15, -0.1) is 0 Å². The van der Waals surface area contributed by atoms with Crippen molar-refractivity contribution in [3.63, 3.8) is 0 Å². The molecule has 0 aliphatic heterocycles. The zero-order chi connectivity index (χ0) is 14.9. The molecule has 3 nitrogen and oxygen atoms in total. The molecule has 0 amide bonds. The molecule has 0 fully saturated rings. The van der Waals surface area contributed by atoms with Gasteiger partial charge < -0.3 is 5.32 Å². The Morgan fingerprint density at radius 3 is 2.82 bits per heavy atom. The van der Waals surface area contributed by atoms with Crippen LogP contribution in [0.2, 0.25) is 0 Å². The van der Waals surface area contributed by atoms with Crippen LogP contribution >= 0.6 is 11.3 Å². The second kappa shape index (κ2) is 5.57. The minimum absolute atomic E-state index is 0.613. The molecule has 0 saturated carbocycles. The lowest BCUT2D eigenvalue weighted by Crippen LogP contribution is -1.98. The standard InChI is InChI=1S/C17H14BN3S/c18-16-7-6-15(22-16)14-8-9-19-17(21-14)20-13-5-4-11-2-1-3-12(11)10-13/h4-10H,1-3H2,(H,19,20,21). The van der Waals surface area contributed by atoms with Gasteiger partial charge in [0.1, 0.15) is 7.85 Å². The van der Waals surface area contributed by atoms with Crippen molar-refractivity contribution in [2.45, 2.75) is 19.3 Å². The van der Waals surface area contributed by atoms with Gasteiger partial charge in [-0.25, -0.2) is 9.97 Å². The van der Waals surface area contributed by atoms with Gasteiger partial charge in [0, 0.05) is 11.9 Å². The Balaban J connectivity index is 1.61. The Kier molecular flexibility index (Phi) is 3.43. The summed E-state index contributed by atoms with van der Waals surface area (Å²) in [6.07, 6.45) is 5.39. The van der Waals surface area contributed by atoms with E-state index in [1.807, 2.05) is 18.2 Å². The molecule has 1 aliphatic carbocycles. The number of thiophene rings is 1. The molecule has 1 N–H and O–H groups in total. The summed E-state index contributed by atoms with van der Waals surface area (Å²) in [5.41, 5.74) is 4.84. The minimum atomic E-state index is 0.613. The van der Waals surface area contributed by atoms with E-state index in [2.05, 4.69) is 33.5 Å². The minimum Gasteiger partial charge on any atom is -0.324 e. The summed E-state index contributed by atoms with van der Waals surface area (Å²) in [7, 11) is 5.79. The largest absolute Gasteiger partial charge is 0.324 e. The van der Waals surface area contributed by atoms with E-state index in [0.29, 0.717) is 5.95 Å². The van der Waals surface area contributed by atoms with Crippen LogP contribution in [0.15, 0.2) is 42.6 Å². The lowest BCUT2D eigenvalue weighted by molar-refractivity contribution is 0.912. The van der Waals surface area contributed by atoms with Crippen LogP contribution in [0.1, 0.15) is 17.5 Å². The highest BCUT2D eigenvalue weighted by molar-refractivity contribution is 7.23. The zero-order valence-electron chi connectivity index (χ0n) is 12.0. The Morgan fingerprint density at radius 1 is 1.05 bits per heavy atom. The fraction of sp³-hybridized carbons (Fsp3) is 0.176. The molecule has 0 saturated heterocycles. The van der Waals surface area contributed by atoms with E-state index in [1.165, 1.54) is 41.7 Å². The van der Waals surface area contributed by atoms with Gasteiger partial charge in [0.05, 0.1) is 10.6 Å². The average Bonchev–Trinajstić information content (AvgIpc) is 3.16. The molecule has 2 radical (unpaired) electrons. The number of nitrogens with zero attached hydrogens (tertiary/aromatic N) is 2. The molecule has 0 unspecified atom stereocenters. The number of anilines is 2. The van der Waals surface area contributed by atoms with Crippen LogP contribution in [0.5, 0.6) is 0 Å². The lowest BCUT2D eigenvalue weighted by atomic mass is 10.1. The lowest BCUT2D eigenvalue weighted by Gasteiger charge is -2.08. The first-order valence-electron chi connectivity index (χ1n) is 7.35. The molecule has 5 heteroatoms. The van der Waals surface area contributed by atoms with Crippen LogP contribution in [-0.2, 0) is 12.8 Å². The van der Waals surface area contributed by atoms with Gasteiger partial charge in [0.2, 0.25) is 5.95 Å². The summed E-state index contributed by atoms with van der Waals surface area (Å²) in [4.78, 5) is 9.94. The second-order valence-corrected chi connectivity index (χ2v) is 6.54. The van der Waals surface area contributed by atoms with Crippen LogP contribution in [-0.4, -0.2) is 17.8 Å².